The molecule has 2 aromatic carbocycles. The number of H-pyrrole nitrogens is 1. The summed E-state index contributed by atoms with van der Waals surface area (Å²) in [6.45, 7) is 2.43. The van der Waals surface area contributed by atoms with Crippen LogP contribution >= 0.6 is 0 Å². The Morgan fingerprint density at radius 3 is 2.66 bits per heavy atom. The molecule has 3 amide bonds. The van der Waals surface area contributed by atoms with Crippen LogP contribution in [0.5, 0.6) is 0 Å². The van der Waals surface area contributed by atoms with Crippen LogP contribution in [0.2, 0.25) is 0 Å². The predicted molar refractivity (Wildman–Crippen MR) is 149 cm³/mol. The molecule has 2 fully saturated rings. The molecule has 3 atom stereocenters. The molecule has 1 aromatic heterocycles. The third-order valence-electron chi connectivity index (χ3n) is 7.67. The lowest BCUT2D eigenvalue weighted by molar-refractivity contribution is -0.140. The van der Waals surface area contributed by atoms with E-state index >= 15 is 0 Å². The van der Waals surface area contributed by atoms with Gasteiger partial charge in [-0.05, 0) is 49.3 Å². The smallest absolute Gasteiger partial charge is 0.315 e. The predicted octanol–water partition coefficient (Wildman–Crippen LogP) is 4.10. The molecule has 2 aliphatic rings. The second-order valence-corrected chi connectivity index (χ2v) is 10.5. The van der Waals surface area contributed by atoms with Gasteiger partial charge in [0.05, 0.1) is 12.0 Å². The summed E-state index contributed by atoms with van der Waals surface area (Å²) < 4.78 is 5.36. The molecular weight excluding hydrogens is 478 g/mol. The maximum absolute atomic E-state index is 14.1. The van der Waals surface area contributed by atoms with Gasteiger partial charge in [-0.25, -0.2) is 4.79 Å². The average Bonchev–Trinajstić information content (AvgIpc) is 3.69. The number of carbonyl (C=O) groups excluding carboxylic acids is 2. The first-order valence-corrected chi connectivity index (χ1v) is 13.8. The van der Waals surface area contributed by atoms with Gasteiger partial charge in [0.15, 0.2) is 0 Å². The zero-order chi connectivity index (χ0) is 26.3. The summed E-state index contributed by atoms with van der Waals surface area (Å²) >= 11 is 0. The van der Waals surface area contributed by atoms with Crippen molar-refractivity contribution in [2.45, 2.75) is 56.8 Å². The van der Waals surface area contributed by atoms with E-state index in [9.17, 15) is 9.59 Å². The third-order valence-corrected chi connectivity index (χ3v) is 7.67. The molecule has 1 saturated heterocycles. The number of methoxy groups -OCH3 is 1. The first-order chi connectivity index (χ1) is 18.6. The molecule has 0 spiro atoms. The largest absolute Gasteiger partial charge is 0.385 e. The summed E-state index contributed by atoms with van der Waals surface area (Å²) in [6.07, 6.45) is 6.52. The fraction of sp³-hybridized carbons (Fsp3) is 0.467. The van der Waals surface area contributed by atoms with Gasteiger partial charge >= 0.3 is 6.03 Å². The molecule has 0 radical (unpaired) electrons. The second-order valence-electron chi connectivity index (χ2n) is 10.5. The second kappa shape index (κ2) is 12.5. The lowest BCUT2D eigenvalue weighted by Gasteiger charge is -2.38. The minimum absolute atomic E-state index is 0.0104. The quantitative estimate of drug-likeness (QED) is 0.288. The number of nitrogens with zero attached hydrogens (tertiary/aromatic N) is 1. The Balaban J connectivity index is 1.28. The lowest BCUT2D eigenvalue weighted by atomic mass is 9.92. The minimum Gasteiger partial charge on any atom is -0.385 e. The number of rotatable bonds is 11. The van der Waals surface area contributed by atoms with E-state index in [2.05, 4.69) is 50.2 Å². The van der Waals surface area contributed by atoms with Gasteiger partial charge in [-0.2, -0.15) is 0 Å². The van der Waals surface area contributed by atoms with Crippen LogP contribution in [0.4, 0.5) is 4.79 Å². The van der Waals surface area contributed by atoms with Crippen molar-refractivity contribution in [3.63, 3.8) is 0 Å². The molecule has 1 saturated carbocycles. The van der Waals surface area contributed by atoms with E-state index in [1.807, 2.05) is 36.4 Å². The number of nitrogens with one attached hydrogen (secondary N) is 4. The molecule has 8 heteroatoms. The zero-order valence-corrected chi connectivity index (χ0v) is 22.1. The Morgan fingerprint density at radius 1 is 1.08 bits per heavy atom. The van der Waals surface area contributed by atoms with Crippen molar-refractivity contribution in [2.24, 2.45) is 5.92 Å². The number of hydrogen-bond acceptors (Lipinski definition) is 4. The van der Waals surface area contributed by atoms with E-state index in [-0.39, 0.29) is 36.0 Å². The number of aromatic nitrogens is 1. The van der Waals surface area contributed by atoms with Crippen molar-refractivity contribution in [2.75, 3.05) is 26.8 Å². The maximum atomic E-state index is 14.1. The van der Waals surface area contributed by atoms with Crippen molar-refractivity contribution in [1.82, 2.24) is 25.8 Å². The number of benzene rings is 2. The lowest BCUT2D eigenvalue weighted by Crippen LogP contribution is -2.54. The zero-order valence-electron chi connectivity index (χ0n) is 22.1. The molecule has 1 aliphatic heterocycles. The number of urea groups is 1. The van der Waals surface area contributed by atoms with E-state index < -0.39 is 0 Å². The SMILES string of the molecule is COCCCC(c1c[nH]c2ccccc12)N(C(=O)[C@@H]1CNC[C@H](NC(=O)NCc2ccccc2)C1)C1CC1. The standard InChI is InChI=1S/C30H39N5O3/c1-38-15-7-12-28(26-20-32-27-11-6-5-10-25(26)27)35(24-13-14-24)29(36)22-16-23(19-31-18-22)34-30(37)33-17-21-8-3-2-4-9-21/h2-6,8-11,20,22-24,28,31-32H,7,12-19H2,1H3,(H2,33,34,37)/t22-,23+,28?/m0/s1. The summed E-state index contributed by atoms with van der Waals surface area (Å²) in [4.78, 5) is 32.3. The number of para-hydroxylation sites is 1. The van der Waals surface area contributed by atoms with Crippen molar-refractivity contribution >= 4 is 22.8 Å². The summed E-state index contributed by atoms with van der Waals surface area (Å²) in [5.74, 6) is 0.00259. The van der Waals surface area contributed by atoms with Crippen molar-refractivity contribution in [3.05, 3.63) is 71.9 Å². The van der Waals surface area contributed by atoms with E-state index in [0.717, 1.165) is 36.8 Å². The topological polar surface area (TPSA) is 98.5 Å². The molecule has 2 heterocycles. The monoisotopic (exact) mass is 517 g/mol. The highest BCUT2D eigenvalue weighted by molar-refractivity contribution is 5.86. The number of ether oxygens (including phenoxy) is 1. The fourth-order valence-corrected chi connectivity index (χ4v) is 5.64. The third kappa shape index (κ3) is 6.37. The van der Waals surface area contributed by atoms with Gasteiger partial charge in [-0.3, -0.25) is 4.79 Å². The van der Waals surface area contributed by atoms with Crippen LogP contribution in [0.25, 0.3) is 10.9 Å². The Kier molecular flexibility index (Phi) is 8.61. The Bertz CT molecular complexity index is 1210. The number of amides is 3. The molecule has 5 rings (SSSR count). The van der Waals surface area contributed by atoms with Crippen LogP contribution in [0.1, 0.15) is 49.3 Å². The number of aromatic amines is 1. The molecule has 0 bridgehead atoms. The first-order valence-electron chi connectivity index (χ1n) is 13.8. The number of hydrogen-bond donors (Lipinski definition) is 4. The van der Waals surface area contributed by atoms with Crippen molar-refractivity contribution in [1.29, 1.82) is 0 Å². The van der Waals surface area contributed by atoms with Gasteiger partial charge in [-0.15, -0.1) is 0 Å². The van der Waals surface area contributed by atoms with Crippen LogP contribution in [0, 0.1) is 5.92 Å². The fourth-order valence-electron chi connectivity index (χ4n) is 5.64. The number of piperidine rings is 1. The van der Waals surface area contributed by atoms with Gasteiger partial charge in [0, 0.05) is 62.5 Å². The molecule has 4 N–H and O–H groups in total. The van der Waals surface area contributed by atoms with Crippen molar-refractivity contribution < 1.29 is 14.3 Å². The van der Waals surface area contributed by atoms with Crippen LogP contribution < -0.4 is 16.0 Å². The Morgan fingerprint density at radius 2 is 1.87 bits per heavy atom. The van der Waals surface area contributed by atoms with E-state index in [1.54, 1.807) is 7.11 Å². The minimum atomic E-state index is -0.205. The van der Waals surface area contributed by atoms with Gasteiger partial charge in [0.1, 0.15) is 0 Å². The van der Waals surface area contributed by atoms with Gasteiger partial charge in [-0.1, -0.05) is 48.5 Å². The maximum Gasteiger partial charge on any atom is 0.315 e. The molecule has 38 heavy (non-hydrogen) atoms. The summed E-state index contributed by atoms with van der Waals surface area (Å²) in [5, 5.41) is 10.6. The highest BCUT2D eigenvalue weighted by Gasteiger charge is 2.42. The van der Waals surface area contributed by atoms with Crippen molar-refractivity contribution in [3.8, 4) is 0 Å². The van der Waals surface area contributed by atoms with Gasteiger partial charge < -0.3 is 30.6 Å². The van der Waals surface area contributed by atoms with Crippen LogP contribution in [0.15, 0.2) is 60.8 Å². The van der Waals surface area contributed by atoms with Crippen LogP contribution in [-0.2, 0) is 16.1 Å². The highest BCUT2D eigenvalue weighted by atomic mass is 16.5. The van der Waals surface area contributed by atoms with Gasteiger partial charge in [0.25, 0.3) is 0 Å². The molecule has 1 aliphatic carbocycles. The van der Waals surface area contributed by atoms with E-state index in [1.165, 1.54) is 10.9 Å². The molecular formula is C30H39N5O3. The number of carbonyl (C=O) groups is 2. The summed E-state index contributed by atoms with van der Waals surface area (Å²) in [6, 6.07) is 18.1. The molecule has 8 nitrogen and oxygen atoms in total. The van der Waals surface area contributed by atoms with Crippen LogP contribution in [-0.4, -0.2) is 60.7 Å². The first kappa shape index (κ1) is 26.3. The molecule has 3 aromatic rings. The number of fused-ring (bicyclic) bond motifs is 1. The normalized spacial score (nSPS) is 20.1. The summed E-state index contributed by atoms with van der Waals surface area (Å²) in [7, 11) is 1.72. The molecule has 1 unspecified atom stereocenters. The Labute approximate surface area is 224 Å². The van der Waals surface area contributed by atoms with Crippen LogP contribution in [0.3, 0.4) is 0 Å². The van der Waals surface area contributed by atoms with Gasteiger partial charge in [0.2, 0.25) is 5.91 Å². The highest BCUT2D eigenvalue weighted by Crippen LogP contribution is 2.40. The average molecular weight is 518 g/mol. The molecule has 202 valence electrons. The summed E-state index contributed by atoms with van der Waals surface area (Å²) in [5.41, 5.74) is 3.32. The van der Waals surface area contributed by atoms with E-state index in [4.69, 9.17) is 4.74 Å². The van der Waals surface area contributed by atoms with E-state index in [0.29, 0.717) is 32.7 Å². The Hall–Kier alpha value is -3.36.